The van der Waals surface area contributed by atoms with E-state index in [1.807, 2.05) is 12.2 Å². The third kappa shape index (κ3) is 3.64. The largest absolute Gasteiger partial charge is 0.491 e. The van der Waals surface area contributed by atoms with Gasteiger partial charge in [0.1, 0.15) is 18.5 Å². The predicted octanol–water partition coefficient (Wildman–Crippen LogP) is 1.58. The second-order valence-corrected chi connectivity index (χ2v) is 6.49. The summed E-state index contributed by atoms with van der Waals surface area (Å²) in [6.07, 6.45) is 4.07. The van der Waals surface area contributed by atoms with E-state index in [4.69, 9.17) is 4.74 Å². The number of β-amino-alcohol motifs (C(OH)–C–C–N with tert-alkyl or cyclic N) is 1. The number of carbonyl (C=O) groups excluding carboxylic acids is 3. The van der Waals surface area contributed by atoms with Crippen LogP contribution in [0.1, 0.15) is 30.1 Å². The minimum Gasteiger partial charge on any atom is -0.491 e. The topological polar surface area (TPSA) is 83.9 Å². The molecule has 3 atom stereocenters. The zero-order valence-electron chi connectivity index (χ0n) is 14.1. The highest BCUT2D eigenvalue weighted by atomic mass is 16.5. The summed E-state index contributed by atoms with van der Waals surface area (Å²) in [7, 11) is 0. The lowest BCUT2D eigenvalue weighted by Gasteiger charge is -2.19. The van der Waals surface area contributed by atoms with Crippen molar-refractivity contribution in [3.63, 3.8) is 0 Å². The van der Waals surface area contributed by atoms with Gasteiger partial charge in [-0.2, -0.15) is 0 Å². The second kappa shape index (κ2) is 7.19. The number of rotatable bonds is 6. The smallest absolute Gasteiger partial charge is 0.233 e. The Kier molecular flexibility index (Phi) is 4.99. The van der Waals surface area contributed by atoms with Crippen LogP contribution in [0.15, 0.2) is 36.4 Å². The molecular weight excluding hydrogens is 322 g/mol. The van der Waals surface area contributed by atoms with Crippen LogP contribution in [-0.4, -0.2) is 46.9 Å². The van der Waals surface area contributed by atoms with Gasteiger partial charge in [-0.05, 0) is 44.0 Å². The number of amides is 2. The number of ether oxygens (including phenoxy) is 1. The Labute approximate surface area is 146 Å². The Bertz CT molecular complexity index is 683. The minimum atomic E-state index is -0.964. The van der Waals surface area contributed by atoms with Crippen LogP contribution >= 0.6 is 0 Å². The number of benzene rings is 1. The Morgan fingerprint density at radius 1 is 1.16 bits per heavy atom. The third-order valence-corrected chi connectivity index (χ3v) is 4.70. The average Bonchev–Trinajstić information content (AvgIpc) is 2.86. The number of aliphatic hydroxyl groups is 1. The van der Waals surface area contributed by atoms with E-state index in [-0.39, 0.29) is 42.6 Å². The number of aliphatic hydroxyl groups excluding tert-OH is 1. The van der Waals surface area contributed by atoms with E-state index in [1.165, 1.54) is 6.92 Å². The molecule has 0 spiro atoms. The molecule has 1 aromatic carbocycles. The van der Waals surface area contributed by atoms with Gasteiger partial charge in [-0.3, -0.25) is 19.3 Å². The molecule has 0 unspecified atom stereocenters. The van der Waals surface area contributed by atoms with E-state index in [0.29, 0.717) is 24.2 Å². The van der Waals surface area contributed by atoms with Gasteiger partial charge in [0.2, 0.25) is 11.8 Å². The maximum Gasteiger partial charge on any atom is 0.233 e. The summed E-state index contributed by atoms with van der Waals surface area (Å²) in [6, 6.07) is 6.59. The first-order chi connectivity index (χ1) is 12.0. The SMILES string of the molecule is CC(=O)c1ccc(OC[C@H](O)CN2C(=O)[C@@H]3CC=CC[C@H]3C2=O)cc1. The number of imide groups is 1. The van der Waals surface area contributed by atoms with Gasteiger partial charge >= 0.3 is 0 Å². The molecule has 6 nitrogen and oxygen atoms in total. The minimum absolute atomic E-state index is 0.0337. The highest BCUT2D eigenvalue weighted by Crippen LogP contribution is 2.35. The summed E-state index contributed by atoms with van der Waals surface area (Å²) in [5.74, 6) is -0.502. The number of hydrogen-bond acceptors (Lipinski definition) is 5. The monoisotopic (exact) mass is 343 g/mol. The third-order valence-electron chi connectivity index (χ3n) is 4.70. The van der Waals surface area contributed by atoms with Crippen molar-refractivity contribution >= 4 is 17.6 Å². The van der Waals surface area contributed by atoms with Crippen LogP contribution in [0.25, 0.3) is 0 Å². The molecule has 1 aliphatic heterocycles. The molecule has 1 heterocycles. The summed E-state index contributed by atoms with van der Waals surface area (Å²) >= 11 is 0. The van der Waals surface area contributed by atoms with Crippen molar-refractivity contribution in [1.29, 1.82) is 0 Å². The van der Waals surface area contributed by atoms with Gasteiger partial charge in [0.05, 0.1) is 18.4 Å². The molecule has 1 saturated heterocycles. The van der Waals surface area contributed by atoms with Crippen LogP contribution in [0.2, 0.25) is 0 Å². The fraction of sp³-hybridized carbons (Fsp3) is 0.421. The van der Waals surface area contributed by atoms with Gasteiger partial charge in [-0.15, -0.1) is 0 Å². The molecule has 1 fully saturated rings. The fourth-order valence-electron chi connectivity index (χ4n) is 3.29. The zero-order valence-corrected chi connectivity index (χ0v) is 14.1. The lowest BCUT2D eigenvalue weighted by Crippen LogP contribution is -2.40. The van der Waals surface area contributed by atoms with Crippen molar-refractivity contribution in [1.82, 2.24) is 4.90 Å². The average molecular weight is 343 g/mol. The molecule has 0 saturated carbocycles. The number of hydrogen-bond donors (Lipinski definition) is 1. The molecule has 0 bridgehead atoms. The summed E-state index contributed by atoms with van der Waals surface area (Å²) in [6.45, 7) is 1.39. The normalized spacial score (nSPS) is 23.5. The first-order valence-electron chi connectivity index (χ1n) is 8.39. The fourth-order valence-corrected chi connectivity index (χ4v) is 3.29. The number of likely N-dealkylation sites (tertiary alicyclic amines) is 1. The van der Waals surface area contributed by atoms with E-state index in [1.54, 1.807) is 24.3 Å². The van der Waals surface area contributed by atoms with Crippen molar-refractivity contribution in [3.8, 4) is 5.75 Å². The molecule has 2 amide bonds. The van der Waals surface area contributed by atoms with Gasteiger partial charge in [-0.1, -0.05) is 12.2 Å². The number of allylic oxidation sites excluding steroid dienone is 2. The van der Waals surface area contributed by atoms with Crippen LogP contribution in [0, 0.1) is 11.8 Å². The Morgan fingerprint density at radius 3 is 2.24 bits per heavy atom. The van der Waals surface area contributed by atoms with E-state index < -0.39 is 6.10 Å². The Morgan fingerprint density at radius 2 is 1.72 bits per heavy atom. The summed E-state index contributed by atoms with van der Waals surface area (Å²) in [4.78, 5) is 37.1. The number of fused-ring (bicyclic) bond motifs is 1. The highest BCUT2D eigenvalue weighted by Gasteiger charge is 2.47. The van der Waals surface area contributed by atoms with Crippen LogP contribution in [0.5, 0.6) is 5.75 Å². The lowest BCUT2D eigenvalue weighted by atomic mass is 9.85. The predicted molar refractivity (Wildman–Crippen MR) is 90.0 cm³/mol. The first kappa shape index (κ1) is 17.4. The van der Waals surface area contributed by atoms with E-state index in [0.717, 1.165) is 4.90 Å². The molecule has 3 rings (SSSR count). The van der Waals surface area contributed by atoms with E-state index >= 15 is 0 Å². The van der Waals surface area contributed by atoms with Crippen LogP contribution in [0.3, 0.4) is 0 Å². The molecule has 25 heavy (non-hydrogen) atoms. The van der Waals surface area contributed by atoms with Gasteiger partial charge < -0.3 is 9.84 Å². The van der Waals surface area contributed by atoms with Crippen LogP contribution < -0.4 is 4.74 Å². The van der Waals surface area contributed by atoms with Gasteiger partial charge in [0.15, 0.2) is 5.78 Å². The molecule has 0 radical (unpaired) electrons. The standard InChI is InChI=1S/C19H21NO5/c1-12(21)13-6-8-15(9-7-13)25-11-14(22)10-20-18(23)16-4-2-3-5-17(16)19(20)24/h2-3,6-9,14,16-17,22H,4-5,10-11H2,1H3/t14-,16-,17-/m1/s1. The Hall–Kier alpha value is -2.47. The van der Waals surface area contributed by atoms with Crippen molar-refractivity contribution in [2.24, 2.45) is 11.8 Å². The van der Waals surface area contributed by atoms with Gasteiger partial charge in [0, 0.05) is 5.56 Å². The molecule has 0 aromatic heterocycles. The van der Waals surface area contributed by atoms with Crippen LogP contribution in [0.4, 0.5) is 0 Å². The molecule has 2 aliphatic rings. The van der Waals surface area contributed by atoms with Gasteiger partial charge in [0.25, 0.3) is 0 Å². The number of carbonyl (C=O) groups is 3. The first-order valence-corrected chi connectivity index (χ1v) is 8.39. The van der Waals surface area contributed by atoms with Crippen molar-refractivity contribution in [3.05, 3.63) is 42.0 Å². The van der Waals surface area contributed by atoms with Crippen LogP contribution in [-0.2, 0) is 9.59 Å². The van der Waals surface area contributed by atoms with Crippen molar-refractivity contribution in [2.45, 2.75) is 25.9 Å². The van der Waals surface area contributed by atoms with E-state index in [9.17, 15) is 19.5 Å². The second-order valence-electron chi connectivity index (χ2n) is 6.49. The lowest BCUT2D eigenvalue weighted by molar-refractivity contribution is -0.141. The number of ketones is 1. The Balaban J connectivity index is 1.54. The quantitative estimate of drug-likeness (QED) is 0.482. The number of Topliss-reactive ketones (excluding diaryl/α,β-unsaturated/α-hetero) is 1. The molecule has 1 N–H and O–H groups in total. The molecular formula is C19H21NO5. The molecule has 1 aliphatic carbocycles. The summed E-state index contributed by atoms with van der Waals surface area (Å²) in [5.41, 5.74) is 0.581. The molecule has 6 heteroatoms. The zero-order chi connectivity index (χ0) is 18.0. The summed E-state index contributed by atoms with van der Waals surface area (Å²) in [5, 5.41) is 10.1. The van der Waals surface area contributed by atoms with Crippen molar-refractivity contribution < 1.29 is 24.2 Å². The molecule has 132 valence electrons. The highest BCUT2D eigenvalue weighted by molar-refractivity contribution is 6.05. The maximum atomic E-state index is 12.3. The van der Waals surface area contributed by atoms with Gasteiger partial charge in [-0.25, -0.2) is 0 Å². The number of nitrogens with zero attached hydrogens (tertiary/aromatic N) is 1. The molecule has 1 aromatic rings. The maximum absolute atomic E-state index is 12.3. The van der Waals surface area contributed by atoms with E-state index in [2.05, 4.69) is 0 Å². The summed E-state index contributed by atoms with van der Waals surface area (Å²) < 4.78 is 5.48. The van der Waals surface area contributed by atoms with Crippen molar-refractivity contribution in [2.75, 3.05) is 13.2 Å².